The van der Waals surface area contributed by atoms with Gasteiger partial charge in [-0.15, -0.1) is 12.4 Å². The molecule has 0 aliphatic carbocycles. The molecule has 3 rings (SSSR count). The lowest BCUT2D eigenvalue weighted by Crippen LogP contribution is -2.46. The maximum absolute atomic E-state index is 12.6. The van der Waals surface area contributed by atoms with Crippen molar-refractivity contribution >= 4 is 35.8 Å². The van der Waals surface area contributed by atoms with Gasteiger partial charge < -0.3 is 15.5 Å². The smallest absolute Gasteiger partial charge is 0.253 e. The first-order valence-electron chi connectivity index (χ1n) is 8.69. The molecule has 0 aromatic heterocycles. The van der Waals surface area contributed by atoms with Crippen LogP contribution in [-0.4, -0.2) is 48.9 Å². The maximum atomic E-state index is 12.6. The van der Waals surface area contributed by atoms with Crippen LogP contribution in [0.2, 0.25) is 5.02 Å². The van der Waals surface area contributed by atoms with Crippen molar-refractivity contribution in [3.8, 4) is 0 Å². The van der Waals surface area contributed by atoms with Gasteiger partial charge in [-0.1, -0.05) is 17.7 Å². The topological polar surface area (TPSA) is 61.4 Å². The number of carbonyl (C=O) groups is 2. The predicted molar refractivity (Wildman–Crippen MR) is 101 cm³/mol. The standard InChI is InChI=1S/C18H24ClN3O2.ClH/c19-15-6-1-5-14(10-15)18(24)22-9-3-4-13(12-22)11-21-17(23)16-7-2-8-20-16;/h1,5-6,10,13,16,20H,2-4,7-9,11-12H2,(H,21,23);1H. The summed E-state index contributed by atoms with van der Waals surface area (Å²) < 4.78 is 0. The third-order valence-corrected chi connectivity index (χ3v) is 5.05. The first kappa shape index (κ1) is 20.0. The fourth-order valence-corrected chi connectivity index (χ4v) is 3.69. The quantitative estimate of drug-likeness (QED) is 0.836. The Kier molecular flexibility index (Phi) is 7.54. The molecule has 0 spiro atoms. The predicted octanol–water partition coefficient (Wildman–Crippen LogP) is 2.48. The van der Waals surface area contributed by atoms with E-state index in [2.05, 4.69) is 10.6 Å². The van der Waals surface area contributed by atoms with E-state index in [0.717, 1.165) is 38.8 Å². The molecular formula is C18H25Cl2N3O2. The van der Waals surface area contributed by atoms with Crippen LogP contribution < -0.4 is 10.6 Å². The van der Waals surface area contributed by atoms with Crippen molar-refractivity contribution < 1.29 is 9.59 Å². The minimum atomic E-state index is -0.0437. The number of likely N-dealkylation sites (tertiary alicyclic amines) is 1. The van der Waals surface area contributed by atoms with Gasteiger partial charge in [0.15, 0.2) is 0 Å². The first-order valence-corrected chi connectivity index (χ1v) is 9.07. The van der Waals surface area contributed by atoms with Crippen molar-refractivity contribution in [1.82, 2.24) is 15.5 Å². The number of carbonyl (C=O) groups excluding carboxylic acids is 2. The second-order valence-corrected chi connectivity index (χ2v) is 7.10. The lowest BCUT2D eigenvalue weighted by Gasteiger charge is -2.33. The van der Waals surface area contributed by atoms with E-state index in [1.807, 2.05) is 4.90 Å². The Morgan fingerprint density at radius 2 is 2.12 bits per heavy atom. The van der Waals surface area contributed by atoms with Gasteiger partial charge in [-0.2, -0.15) is 0 Å². The highest BCUT2D eigenvalue weighted by atomic mass is 35.5. The van der Waals surface area contributed by atoms with Crippen molar-refractivity contribution in [3.63, 3.8) is 0 Å². The second-order valence-electron chi connectivity index (χ2n) is 6.66. The number of benzene rings is 1. The Morgan fingerprint density at radius 1 is 1.28 bits per heavy atom. The zero-order valence-electron chi connectivity index (χ0n) is 14.2. The van der Waals surface area contributed by atoms with Crippen LogP contribution in [0.15, 0.2) is 24.3 Å². The van der Waals surface area contributed by atoms with Gasteiger partial charge in [0.2, 0.25) is 5.91 Å². The number of halogens is 2. The van der Waals surface area contributed by atoms with E-state index >= 15 is 0 Å². The lowest BCUT2D eigenvalue weighted by molar-refractivity contribution is -0.123. The molecule has 2 N–H and O–H groups in total. The van der Waals surface area contributed by atoms with Crippen LogP contribution in [0.1, 0.15) is 36.0 Å². The van der Waals surface area contributed by atoms with Crippen LogP contribution >= 0.6 is 24.0 Å². The minimum absolute atomic E-state index is 0. The molecule has 0 bridgehead atoms. The number of rotatable bonds is 4. The summed E-state index contributed by atoms with van der Waals surface area (Å²) in [6, 6.07) is 7.03. The molecule has 2 amide bonds. The van der Waals surface area contributed by atoms with E-state index in [0.29, 0.717) is 29.6 Å². The summed E-state index contributed by atoms with van der Waals surface area (Å²) in [6.45, 7) is 3.00. The van der Waals surface area contributed by atoms with Gasteiger partial charge >= 0.3 is 0 Å². The molecule has 138 valence electrons. The van der Waals surface area contributed by atoms with Crippen molar-refractivity contribution in [2.45, 2.75) is 31.7 Å². The van der Waals surface area contributed by atoms with Crippen molar-refractivity contribution in [3.05, 3.63) is 34.9 Å². The van der Waals surface area contributed by atoms with E-state index in [1.54, 1.807) is 24.3 Å². The second kappa shape index (κ2) is 9.41. The van der Waals surface area contributed by atoms with Crippen LogP contribution in [0.5, 0.6) is 0 Å². The van der Waals surface area contributed by atoms with Crippen LogP contribution in [0.25, 0.3) is 0 Å². The largest absolute Gasteiger partial charge is 0.354 e. The first-order chi connectivity index (χ1) is 11.6. The molecule has 2 saturated heterocycles. The molecule has 2 atom stereocenters. The fraction of sp³-hybridized carbons (Fsp3) is 0.556. The van der Waals surface area contributed by atoms with Gasteiger partial charge in [-0.25, -0.2) is 0 Å². The van der Waals surface area contributed by atoms with Gasteiger partial charge in [0, 0.05) is 30.2 Å². The third kappa shape index (κ3) is 5.33. The van der Waals surface area contributed by atoms with Crippen LogP contribution in [-0.2, 0) is 4.79 Å². The Labute approximate surface area is 159 Å². The van der Waals surface area contributed by atoms with E-state index in [9.17, 15) is 9.59 Å². The van der Waals surface area contributed by atoms with Crippen LogP contribution in [0.3, 0.4) is 0 Å². The summed E-state index contributed by atoms with van der Waals surface area (Å²) in [7, 11) is 0. The number of piperidine rings is 1. The average molecular weight is 386 g/mol. The van der Waals surface area contributed by atoms with E-state index in [1.165, 1.54) is 0 Å². The van der Waals surface area contributed by atoms with E-state index in [-0.39, 0.29) is 30.3 Å². The van der Waals surface area contributed by atoms with Gasteiger partial charge in [0.1, 0.15) is 0 Å². The summed E-state index contributed by atoms with van der Waals surface area (Å²) in [5.74, 6) is 0.420. The van der Waals surface area contributed by atoms with E-state index in [4.69, 9.17) is 11.6 Å². The molecule has 1 aromatic carbocycles. The Bertz CT molecular complexity index is 606. The number of hydrogen-bond acceptors (Lipinski definition) is 3. The maximum Gasteiger partial charge on any atom is 0.253 e. The van der Waals surface area contributed by atoms with Gasteiger partial charge in [0.25, 0.3) is 5.91 Å². The van der Waals surface area contributed by atoms with Crippen LogP contribution in [0, 0.1) is 5.92 Å². The summed E-state index contributed by atoms with van der Waals surface area (Å²) in [6.07, 6.45) is 3.98. The molecule has 2 aliphatic rings. The minimum Gasteiger partial charge on any atom is -0.354 e. The normalized spacial score (nSPS) is 23.0. The number of hydrogen-bond donors (Lipinski definition) is 2. The van der Waals surface area contributed by atoms with Crippen molar-refractivity contribution in [2.24, 2.45) is 5.92 Å². The SMILES string of the molecule is Cl.O=C(NCC1CCCN(C(=O)c2cccc(Cl)c2)C1)C1CCCN1. The van der Waals surface area contributed by atoms with Gasteiger partial charge in [0.05, 0.1) is 6.04 Å². The molecule has 2 heterocycles. The molecule has 2 aliphatic heterocycles. The van der Waals surface area contributed by atoms with E-state index < -0.39 is 0 Å². The molecule has 2 fully saturated rings. The number of amides is 2. The van der Waals surface area contributed by atoms with Crippen molar-refractivity contribution in [1.29, 1.82) is 0 Å². The Balaban J connectivity index is 0.00000225. The summed E-state index contributed by atoms with van der Waals surface area (Å²) in [5.41, 5.74) is 0.627. The Hall–Kier alpha value is -1.30. The molecule has 1 aromatic rings. The number of nitrogens with one attached hydrogen (secondary N) is 2. The highest BCUT2D eigenvalue weighted by Gasteiger charge is 2.26. The monoisotopic (exact) mass is 385 g/mol. The lowest BCUT2D eigenvalue weighted by atomic mass is 9.97. The summed E-state index contributed by atoms with van der Waals surface area (Å²) in [5, 5.41) is 6.83. The molecule has 7 heteroatoms. The van der Waals surface area contributed by atoms with Crippen molar-refractivity contribution in [2.75, 3.05) is 26.2 Å². The molecule has 25 heavy (non-hydrogen) atoms. The molecule has 2 unspecified atom stereocenters. The highest BCUT2D eigenvalue weighted by molar-refractivity contribution is 6.30. The number of nitrogens with zero attached hydrogens (tertiary/aromatic N) is 1. The molecule has 5 nitrogen and oxygen atoms in total. The zero-order valence-corrected chi connectivity index (χ0v) is 15.7. The van der Waals surface area contributed by atoms with Gasteiger partial charge in [-0.05, 0) is 56.3 Å². The Morgan fingerprint density at radius 3 is 2.84 bits per heavy atom. The average Bonchev–Trinajstić information content (AvgIpc) is 3.14. The fourth-order valence-electron chi connectivity index (χ4n) is 3.50. The molecule has 0 saturated carbocycles. The third-order valence-electron chi connectivity index (χ3n) is 4.82. The highest BCUT2D eigenvalue weighted by Crippen LogP contribution is 2.20. The van der Waals surface area contributed by atoms with Gasteiger partial charge in [-0.3, -0.25) is 9.59 Å². The summed E-state index contributed by atoms with van der Waals surface area (Å²) in [4.78, 5) is 26.6. The summed E-state index contributed by atoms with van der Waals surface area (Å²) >= 11 is 5.98. The molecular weight excluding hydrogens is 361 g/mol. The molecule has 0 radical (unpaired) electrons. The van der Waals surface area contributed by atoms with Crippen LogP contribution in [0.4, 0.5) is 0 Å². The zero-order chi connectivity index (χ0) is 16.9.